The Labute approximate surface area is 114 Å². The first kappa shape index (κ1) is 11.4. The van der Waals surface area contributed by atoms with E-state index in [2.05, 4.69) is 51.0 Å². The van der Waals surface area contributed by atoms with Crippen LogP contribution in [0.3, 0.4) is 0 Å². The van der Waals surface area contributed by atoms with Gasteiger partial charge >= 0.3 is 0 Å². The van der Waals surface area contributed by atoms with Gasteiger partial charge in [0.15, 0.2) is 0 Å². The van der Waals surface area contributed by atoms with E-state index >= 15 is 0 Å². The topological polar surface area (TPSA) is 17.8 Å². The van der Waals surface area contributed by atoms with Crippen LogP contribution in [0.2, 0.25) is 0 Å². The molecule has 0 amide bonds. The maximum absolute atomic E-state index is 4.73. The third-order valence-corrected chi connectivity index (χ3v) is 4.68. The summed E-state index contributed by atoms with van der Waals surface area (Å²) in [6.45, 7) is 1.09. The molecular weight excluding hydrogens is 296 g/mol. The van der Waals surface area contributed by atoms with Gasteiger partial charge in [-0.1, -0.05) is 12.1 Å². The summed E-state index contributed by atoms with van der Waals surface area (Å²) in [5, 5.41) is 0. The van der Waals surface area contributed by atoms with Crippen LogP contribution in [0, 0.1) is 0 Å². The van der Waals surface area contributed by atoms with Crippen LogP contribution in [0.25, 0.3) is 11.3 Å². The molecule has 1 aromatic heterocycles. The summed E-state index contributed by atoms with van der Waals surface area (Å²) in [5.41, 5.74) is 2.27. The minimum Gasteiger partial charge on any atom is -0.322 e. The van der Waals surface area contributed by atoms with Gasteiger partial charge in [-0.05, 0) is 40.7 Å². The first-order chi connectivity index (χ1) is 8.29. The summed E-state index contributed by atoms with van der Waals surface area (Å²) < 4.78 is 3.40. The molecule has 88 valence electrons. The van der Waals surface area contributed by atoms with Crippen molar-refractivity contribution in [1.29, 1.82) is 0 Å². The minimum atomic E-state index is 1.08. The minimum absolute atomic E-state index is 1.08. The second kappa shape index (κ2) is 4.50. The highest BCUT2D eigenvalue weighted by Crippen LogP contribution is 2.32. The smallest absolute Gasteiger partial charge is 0.113 e. The molecule has 0 aliphatic carbocycles. The van der Waals surface area contributed by atoms with Crippen LogP contribution >= 0.6 is 27.7 Å². The first-order valence-electron chi connectivity index (χ1n) is 5.69. The summed E-state index contributed by atoms with van der Waals surface area (Å²) in [6, 6.07) is 8.59. The van der Waals surface area contributed by atoms with Gasteiger partial charge in [0.2, 0.25) is 0 Å². The number of nitrogens with zero attached hydrogens (tertiary/aromatic N) is 2. The van der Waals surface area contributed by atoms with E-state index in [0.717, 1.165) is 23.3 Å². The van der Waals surface area contributed by atoms with Gasteiger partial charge in [-0.25, -0.2) is 4.98 Å². The van der Waals surface area contributed by atoms with E-state index in [1.54, 1.807) is 11.8 Å². The van der Waals surface area contributed by atoms with E-state index in [0.29, 0.717) is 0 Å². The van der Waals surface area contributed by atoms with Gasteiger partial charge in [-0.3, -0.25) is 0 Å². The molecular formula is C13H13BrN2S. The van der Waals surface area contributed by atoms with Crippen molar-refractivity contribution in [3.8, 4) is 11.3 Å². The zero-order valence-electron chi connectivity index (χ0n) is 9.61. The number of aromatic nitrogens is 2. The number of hydrogen-bond acceptors (Lipinski definition) is 2. The predicted octanol–water partition coefficient (Wildman–Crippen LogP) is 3.98. The van der Waals surface area contributed by atoms with Crippen molar-refractivity contribution in [2.75, 3.05) is 6.26 Å². The van der Waals surface area contributed by atoms with Crippen LogP contribution in [0.4, 0.5) is 0 Å². The van der Waals surface area contributed by atoms with Crippen LogP contribution in [0.1, 0.15) is 12.2 Å². The number of fused-ring (bicyclic) bond motifs is 1. The Morgan fingerprint density at radius 3 is 2.71 bits per heavy atom. The molecule has 1 aromatic carbocycles. The van der Waals surface area contributed by atoms with Crippen molar-refractivity contribution >= 4 is 27.7 Å². The van der Waals surface area contributed by atoms with Gasteiger partial charge in [-0.15, -0.1) is 11.8 Å². The number of halogens is 1. The number of aryl methyl sites for hydroxylation is 1. The molecule has 0 saturated carbocycles. The Morgan fingerprint density at radius 1 is 1.29 bits per heavy atom. The molecule has 2 nitrogen and oxygen atoms in total. The molecule has 0 saturated heterocycles. The van der Waals surface area contributed by atoms with Crippen molar-refractivity contribution in [2.24, 2.45) is 0 Å². The summed E-state index contributed by atoms with van der Waals surface area (Å²) in [4.78, 5) is 6.01. The van der Waals surface area contributed by atoms with Gasteiger partial charge in [-0.2, -0.15) is 0 Å². The van der Waals surface area contributed by atoms with E-state index in [1.165, 1.54) is 22.7 Å². The van der Waals surface area contributed by atoms with Crippen LogP contribution in [0.15, 0.2) is 33.8 Å². The highest BCUT2D eigenvalue weighted by Gasteiger charge is 2.19. The summed E-state index contributed by atoms with van der Waals surface area (Å²) in [6.07, 6.45) is 4.41. The summed E-state index contributed by atoms with van der Waals surface area (Å²) in [7, 11) is 0. The molecule has 2 heterocycles. The molecule has 0 spiro atoms. The zero-order valence-corrected chi connectivity index (χ0v) is 12.0. The van der Waals surface area contributed by atoms with Gasteiger partial charge in [0.1, 0.15) is 16.1 Å². The van der Waals surface area contributed by atoms with E-state index in [4.69, 9.17) is 4.98 Å². The first-order valence-corrected chi connectivity index (χ1v) is 7.70. The average molecular weight is 309 g/mol. The largest absolute Gasteiger partial charge is 0.322 e. The molecule has 17 heavy (non-hydrogen) atoms. The van der Waals surface area contributed by atoms with Crippen molar-refractivity contribution in [3.63, 3.8) is 0 Å². The number of thioether (sulfide) groups is 1. The van der Waals surface area contributed by atoms with Crippen molar-refractivity contribution in [2.45, 2.75) is 24.3 Å². The molecule has 3 rings (SSSR count). The van der Waals surface area contributed by atoms with Gasteiger partial charge in [0.25, 0.3) is 0 Å². The van der Waals surface area contributed by atoms with Crippen LogP contribution < -0.4 is 0 Å². The molecule has 1 aliphatic heterocycles. The van der Waals surface area contributed by atoms with E-state index < -0.39 is 0 Å². The predicted molar refractivity (Wildman–Crippen MR) is 75.5 cm³/mol. The number of benzene rings is 1. The molecule has 1 aliphatic rings. The SMILES string of the molecule is CSc1ccc(-c2nc3n(c2Br)CCC3)cc1. The molecule has 0 fully saturated rings. The molecule has 0 bridgehead atoms. The van der Waals surface area contributed by atoms with Crippen molar-refractivity contribution in [1.82, 2.24) is 9.55 Å². The van der Waals surface area contributed by atoms with Gasteiger partial charge in [0.05, 0.1) is 0 Å². The Balaban J connectivity index is 2.03. The third-order valence-electron chi connectivity index (χ3n) is 3.13. The second-order valence-corrected chi connectivity index (χ2v) is 5.78. The van der Waals surface area contributed by atoms with Gasteiger partial charge in [0, 0.05) is 23.4 Å². The van der Waals surface area contributed by atoms with Crippen molar-refractivity contribution < 1.29 is 0 Å². The molecule has 0 radical (unpaired) electrons. The number of imidazole rings is 1. The third kappa shape index (κ3) is 1.93. The second-order valence-electron chi connectivity index (χ2n) is 4.15. The summed E-state index contributed by atoms with van der Waals surface area (Å²) >= 11 is 5.43. The fraction of sp³-hybridized carbons (Fsp3) is 0.308. The van der Waals surface area contributed by atoms with Crippen LogP contribution in [-0.4, -0.2) is 15.8 Å². The average Bonchev–Trinajstić information content (AvgIpc) is 2.93. The maximum atomic E-state index is 4.73. The Bertz CT molecular complexity index is 545. The fourth-order valence-corrected chi connectivity index (χ4v) is 3.33. The summed E-state index contributed by atoms with van der Waals surface area (Å²) in [5.74, 6) is 1.21. The number of hydrogen-bond donors (Lipinski definition) is 0. The Kier molecular flexibility index (Phi) is 3.01. The lowest BCUT2D eigenvalue weighted by molar-refractivity contribution is 0.736. The maximum Gasteiger partial charge on any atom is 0.113 e. The molecule has 0 unspecified atom stereocenters. The van der Waals surface area contributed by atoms with Gasteiger partial charge < -0.3 is 4.57 Å². The molecule has 4 heteroatoms. The highest BCUT2D eigenvalue weighted by molar-refractivity contribution is 9.10. The fourth-order valence-electron chi connectivity index (χ4n) is 2.22. The van der Waals surface area contributed by atoms with Crippen LogP contribution in [-0.2, 0) is 13.0 Å². The molecule has 0 atom stereocenters. The molecule has 0 N–H and O–H groups in total. The standard InChI is InChI=1S/C13H13BrN2S/c1-17-10-6-4-9(5-7-10)12-13(14)16-8-2-3-11(16)15-12/h4-7H,2-3,8H2,1H3. The van der Waals surface area contributed by atoms with E-state index in [-0.39, 0.29) is 0 Å². The van der Waals surface area contributed by atoms with Crippen LogP contribution in [0.5, 0.6) is 0 Å². The number of rotatable bonds is 2. The highest BCUT2D eigenvalue weighted by atomic mass is 79.9. The normalized spacial score (nSPS) is 14.0. The van der Waals surface area contributed by atoms with Crippen molar-refractivity contribution in [3.05, 3.63) is 34.7 Å². The lowest BCUT2D eigenvalue weighted by Crippen LogP contribution is -1.91. The lowest BCUT2D eigenvalue weighted by atomic mass is 10.2. The molecule has 2 aromatic rings. The lowest BCUT2D eigenvalue weighted by Gasteiger charge is -2.02. The zero-order chi connectivity index (χ0) is 11.8. The quantitative estimate of drug-likeness (QED) is 0.781. The Hall–Kier alpha value is -0.740. The monoisotopic (exact) mass is 308 g/mol. The van der Waals surface area contributed by atoms with E-state index in [1.807, 2.05) is 0 Å². The Morgan fingerprint density at radius 2 is 2.06 bits per heavy atom. The van der Waals surface area contributed by atoms with E-state index in [9.17, 15) is 0 Å².